The van der Waals surface area contributed by atoms with Crippen LogP contribution in [0.4, 0.5) is 4.79 Å². The molecule has 1 fully saturated rings. The number of amides is 1. The molecule has 1 aliphatic rings. The molecule has 0 spiro atoms. The molecule has 2 atom stereocenters. The maximum Gasteiger partial charge on any atom is 0.407 e. The second-order valence-corrected chi connectivity index (χ2v) is 4.49. The molecule has 1 amide bonds. The van der Waals surface area contributed by atoms with E-state index in [0.29, 0.717) is 19.5 Å². The van der Waals surface area contributed by atoms with Gasteiger partial charge in [0.25, 0.3) is 0 Å². The number of hydrogen-bond donors (Lipinski definition) is 2. The Bertz CT molecular complexity index is 341. The van der Waals surface area contributed by atoms with E-state index in [4.69, 9.17) is 5.11 Å². The molecule has 82 valence electrons. The molecule has 0 bridgehead atoms. The molecular formula is C9H12N2O3S. The third kappa shape index (κ3) is 2.10. The van der Waals surface area contributed by atoms with Crippen molar-refractivity contribution in [3.63, 3.8) is 0 Å². The molecule has 0 aliphatic carbocycles. The fourth-order valence-corrected chi connectivity index (χ4v) is 2.56. The number of carbonyl (C=O) groups is 1. The number of hydrogen-bond acceptors (Lipinski definition) is 4. The molecule has 1 aromatic heterocycles. The van der Waals surface area contributed by atoms with Crippen molar-refractivity contribution in [2.24, 2.45) is 0 Å². The van der Waals surface area contributed by atoms with Crippen LogP contribution in [-0.2, 0) is 0 Å². The number of carboxylic acid groups (broad SMARTS) is 1. The van der Waals surface area contributed by atoms with Crippen molar-refractivity contribution < 1.29 is 15.0 Å². The normalized spacial score (nSPS) is 26.6. The molecule has 1 aliphatic heterocycles. The van der Waals surface area contributed by atoms with Gasteiger partial charge in [0.15, 0.2) is 0 Å². The van der Waals surface area contributed by atoms with Gasteiger partial charge in [0.05, 0.1) is 17.0 Å². The summed E-state index contributed by atoms with van der Waals surface area (Å²) in [6.45, 7) is 0.738. The van der Waals surface area contributed by atoms with Crippen LogP contribution in [0.3, 0.4) is 0 Å². The quantitative estimate of drug-likeness (QED) is 0.751. The zero-order valence-electron chi connectivity index (χ0n) is 8.04. The molecule has 2 rings (SSSR count). The number of rotatable bonds is 1. The first-order valence-electron chi connectivity index (χ1n) is 4.74. The van der Waals surface area contributed by atoms with Gasteiger partial charge in [-0.25, -0.2) is 9.78 Å². The first-order valence-corrected chi connectivity index (χ1v) is 5.62. The number of aromatic nitrogens is 1. The molecule has 5 nitrogen and oxygen atoms in total. The maximum atomic E-state index is 10.8. The van der Waals surface area contributed by atoms with Crippen molar-refractivity contribution in [2.75, 3.05) is 13.1 Å². The van der Waals surface area contributed by atoms with E-state index < -0.39 is 12.2 Å². The third-order valence-electron chi connectivity index (χ3n) is 2.62. The van der Waals surface area contributed by atoms with E-state index in [2.05, 4.69) is 4.98 Å². The number of nitrogens with zero attached hydrogens (tertiary/aromatic N) is 2. The van der Waals surface area contributed by atoms with Gasteiger partial charge in [-0.1, -0.05) is 0 Å². The fraction of sp³-hybridized carbons (Fsp3) is 0.556. The van der Waals surface area contributed by atoms with Gasteiger partial charge >= 0.3 is 6.09 Å². The molecule has 2 heterocycles. The standard InChI is InChI=1S/C9H12N2O3S/c12-7-1-3-11(9(13)14)5-6(7)8-10-2-4-15-8/h2,4,6-7,12H,1,3,5H2,(H,13,14)/t6-,7-/m0/s1. The number of thiazole rings is 1. The lowest BCUT2D eigenvalue weighted by molar-refractivity contribution is 0.0585. The van der Waals surface area contributed by atoms with Crippen LogP contribution >= 0.6 is 11.3 Å². The Morgan fingerprint density at radius 1 is 1.67 bits per heavy atom. The van der Waals surface area contributed by atoms with Crippen molar-refractivity contribution in [1.82, 2.24) is 9.88 Å². The molecular weight excluding hydrogens is 216 g/mol. The van der Waals surface area contributed by atoms with E-state index in [0.717, 1.165) is 5.01 Å². The molecule has 15 heavy (non-hydrogen) atoms. The lowest BCUT2D eigenvalue weighted by Gasteiger charge is -2.33. The van der Waals surface area contributed by atoms with Crippen LogP contribution in [0.25, 0.3) is 0 Å². The van der Waals surface area contributed by atoms with Crippen LogP contribution in [0.5, 0.6) is 0 Å². The minimum absolute atomic E-state index is 0.171. The van der Waals surface area contributed by atoms with Crippen LogP contribution in [0, 0.1) is 0 Å². The average Bonchev–Trinajstić information content (AvgIpc) is 2.71. The van der Waals surface area contributed by atoms with Gasteiger partial charge in [-0.05, 0) is 6.42 Å². The van der Waals surface area contributed by atoms with Gasteiger partial charge in [-0.2, -0.15) is 0 Å². The van der Waals surface area contributed by atoms with Gasteiger partial charge < -0.3 is 15.1 Å². The largest absolute Gasteiger partial charge is 0.465 e. The zero-order valence-corrected chi connectivity index (χ0v) is 8.85. The van der Waals surface area contributed by atoms with Crippen LogP contribution in [0.1, 0.15) is 17.3 Å². The maximum absolute atomic E-state index is 10.8. The summed E-state index contributed by atoms with van der Waals surface area (Å²) in [5.74, 6) is -0.171. The summed E-state index contributed by atoms with van der Waals surface area (Å²) in [6.07, 6.45) is 0.749. The number of aliphatic hydroxyl groups excluding tert-OH is 1. The highest BCUT2D eigenvalue weighted by Crippen LogP contribution is 2.28. The van der Waals surface area contributed by atoms with Gasteiger partial charge in [0.1, 0.15) is 0 Å². The van der Waals surface area contributed by atoms with E-state index in [1.165, 1.54) is 16.2 Å². The monoisotopic (exact) mass is 228 g/mol. The molecule has 0 saturated carbocycles. The SMILES string of the molecule is O=C(O)N1CC[C@H](O)[C@@H](c2nccs2)C1. The summed E-state index contributed by atoms with van der Waals surface area (Å²) in [6, 6.07) is 0. The fourth-order valence-electron chi connectivity index (χ4n) is 1.77. The van der Waals surface area contributed by atoms with Crippen molar-refractivity contribution in [3.8, 4) is 0 Å². The summed E-state index contributed by atoms with van der Waals surface area (Å²) in [5, 5.41) is 21.3. The smallest absolute Gasteiger partial charge is 0.407 e. The van der Waals surface area contributed by atoms with E-state index in [1.54, 1.807) is 6.20 Å². The average molecular weight is 228 g/mol. The van der Waals surface area contributed by atoms with Gasteiger partial charge in [0, 0.05) is 24.7 Å². The Kier molecular flexibility index (Phi) is 2.88. The molecule has 0 aromatic carbocycles. The molecule has 1 saturated heterocycles. The van der Waals surface area contributed by atoms with E-state index in [-0.39, 0.29) is 5.92 Å². The summed E-state index contributed by atoms with van der Waals surface area (Å²) >= 11 is 1.46. The van der Waals surface area contributed by atoms with Gasteiger partial charge in [0.2, 0.25) is 0 Å². The highest BCUT2D eigenvalue weighted by atomic mass is 32.1. The van der Waals surface area contributed by atoms with Crippen molar-refractivity contribution >= 4 is 17.4 Å². The molecule has 2 N–H and O–H groups in total. The van der Waals surface area contributed by atoms with Crippen molar-refractivity contribution in [2.45, 2.75) is 18.4 Å². The Balaban J connectivity index is 2.12. The predicted molar refractivity (Wildman–Crippen MR) is 55.1 cm³/mol. The van der Waals surface area contributed by atoms with E-state index in [1.807, 2.05) is 5.38 Å². The minimum Gasteiger partial charge on any atom is -0.465 e. The summed E-state index contributed by atoms with van der Waals surface area (Å²) < 4.78 is 0. The van der Waals surface area contributed by atoms with Gasteiger partial charge in [-0.3, -0.25) is 0 Å². The first kappa shape index (κ1) is 10.4. The minimum atomic E-state index is -0.927. The summed E-state index contributed by atoms with van der Waals surface area (Å²) in [5.41, 5.74) is 0. The van der Waals surface area contributed by atoms with Crippen LogP contribution in [0.15, 0.2) is 11.6 Å². The second kappa shape index (κ2) is 4.16. The molecule has 0 unspecified atom stereocenters. The van der Waals surface area contributed by atoms with Crippen molar-refractivity contribution in [1.29, 1.82) is 0 Å². The van der Waals surface area contributed by atoms with Crippen LogP contribution in [-0.4, -0.2) is 45.4 Å². The number of likely N-dealkylation sites (tertiary alicyclic amines) is 1. The van der Waals surface area contributed by atoms with Crippen LogP contribution in [0.2, 0.25) is 0 Å². The van der Waals surface area contributed by atoms with Crippen molar-refractivity contribution in [3.05, 3.63) is 16.6 Å². The molecule has 1 aromatic rings. The zero-order chi connectivity index (χ0) is 10.8. The number of aliphatic hydroxyl groups is 1. The number of piperidine rings is 1. The Hall–Kier alpha value is -1.14. The van der Waals surface area contributed by atoms with Crippen LogP contribution < -0.4 is 0 Å². The predicted octanol–water partition coefficient (Wildman–Crippen LogP) is 0.971. The Morgan fingerprint density at radius 3 is 3.07 bits per heavy atom. The third-order valence-corrected chi connectivity index (χ3v) is 3.52. The molecule has 0 radical (unpaired) electrons. The van der Waals surface area contributed by atoms with E-state index in [9.17, 15) is 9.90 Å². The summed E-state index contributed by atoms with van der Waals surface area (Å²) in [4.78, 5) is 16.3. The highest BCUT2D eigenvalue weighted by molar-refractivity contribution is 7.09. The first-order chi connectivity index (χ1) is 7.18. The van der Waals surface area contributed by atoms with Gasteiger partial charge in [-0.15, -0.1) is 11.3 Å². The highest BCUT2D eigenvalue weighted by Gasteiger charge is 2.32. The topological polar surface area (TPSA) is 73.7 Å². The lowest BCUT2D eigenvalue weighted by Crippen LogP contribution is -2.44. The van der Waals surface area contributed by atoms with E-state index >= 15 is 0 Å². The Morgan fingerprint density at radius 2 is 2.47 bits per heavy atom. The summed E-state index contributed by atoms with van der Waals surface area (Å²) in [7, 11) is 0. The Labute approximate surface area is 91.0 Å². The second-order valence-electron chi connectivity index (χ2n) is 3.56. The molecule has 6 heteroatoms. The lowest BCUT2D eigenvalue weighted by atomic mass is 9.96.